The van der Waals surface area contributed by atoms with Crippen LogP contribution in [-0.2, 0) is 14.1 Å². The van der Waals surface area contributed by atoms with E-state index in [1.807, 2.05) is 6.92 Å². The molecule has 0 aromatic heterocycles. The number of methoxy groups -OCH3 is 2. The van der Waals surface area contributed by atoms with E-state index in [1.165, 1.54) is 23.3 Å². The predicted molar refractivity (Wildman–Crippen MR) is 121 cm³/mol. The molecule has 0 spiro atoms. The third-order valence-electron chi connectivity index (χ3n) is 4.62. The van der Waals surface area contributed by atoms with Crippen LogP contribution in [0, 0.1) is 17.3 Å². The largest absolute Gasteiger partial charge is 0.496 e. The van der Waals surface area contributed by atoms with Crippen LogP contribution in [0.25, 0.3) is 0 Å². The Kier molecular flexibility index (Phi) is 13.2. The molecule has 0 aliphatic carbocycles. The topological polar surface area (TPSA) is 78.9 Å². The lowest BCUT2D eigenvalue weighted by Gasteiger charge is -2.26. The summed E-state index contributed by atoms with van der Waals surface area (Å²) in [7, 11) is 4.17. The molecule has 0 amide bonds. The van der Waals surface area contributed by atoms with Crippen molar-refractivity contribution in [2.75, 3.05) is 20.8 Å². The maximum absolute atomic E-state index is 13.4. The first-order valence-electron chi connectivity index (χ1n) is 10.3. The lowest BCUT2D eigenvalue weighted by atomic mass is 9.80. The summed E-state index contributed by atoms with van der Waals surface area (Å²) >= 11 is 0. The second-order valence-corrected chi connectivity index (χ2v) is 8.58. The lowest BCUT2D eigenvalue weighted by molar-refractivity contribution is -0.147. The number of benzene rings is 1. The molecule has 0 saturated carbocycles. The van der Waals surface area contributed by atoms with Gasteiger partial charge in [-0.05, 0) is 42.7 Å². The van der Waals surface area contributed by atoms with Gasteiger partial charge in [-0.1, -0.05) is 51.7 Å². The van der Waals surface area contributed by atoms with Crippen LogP contribution in [-0.4, -0.2) is 32.6 Å². The first kappa shape index (κ1) is 28.1. The monoisotopic (exact) mass is 441 g/mol. The number of ketones is 1. The summed E-state index contributed by atoms with van der Waals surface area (Å²) in [6.07, 6.45) is 3.04. The van der Waals surface area contributed by atoms with Crippen molar-refractivity contribution in [2.45, 2.75) is 60.3 Å². The van der Waals surface area contributed by atoms with Crippen LogP contribution in [0.4, 0.5) is 0 Å². The smallest absolute Gasteiger partial charge is 0.316 e. The van der Waals surface area contributed by atoms with E-state index in [0.29, 0.717) is 30.1 Å². The van der Waals surface area contributed by atoms with E-state index in [0.717, 1.165) is 19.3 Å². The van der Waals surface area contributed by atoms with Gasteiger partial charge in [-0.3, -0.25) is 9.59 Å². The van der Waals surface area contributed by atoms with Crippen molar-refractivity contribution < 1.29 is 28.4 Å². The molecule has 30 heavy (non-hydrogen) atoms. The first-order valence-corrected chi connectivity index (χ1v) is 10.8. The Labute approximate surface area is 183 Å². The standard InChI is InChI=1S/C23H36O5.H2OP/c1-8-9-13-28-22(25)17(14-16(2)15-23(3,4)5)21(24)20-18(26-6)11-10-12-19(20)27-7;1-2/h10-12,16-17H,8-9,13-15H2,1-7H3;2H2/q;+1. The highest BCUT2D eigenvalue weighted by Gasteiger charge is 2.35. The fourth-order valence-electron chi connectivity index (χ4n) is 3.53. The van der Waals surface area contributed by atoms with Crippen molar-refractivity contribution in [1.82, 2.24) is 0 Å². The van der Waals surface area contributed by atoms with Crippen molar-refractivity contribution in [3.05, 3.63) is 23.8 Å². The number of hydrogen-bond donors (Lipinski definition) is 0. The normalized spacial score (nSPS) is 12.8. The Morgan fingerprint density at radius 3 is 2.03 bits per heavy atom. The van der Waals surface area contributed by atoms with Crippen molar-refractivity contribution in [1.29, 1.82) is 0 Å². The van der Waals surface area contributed by atoms with Crippen LogP contribution >= 0.6 is 9.12 Å². The number of carbonyl (C=O) groups excluding carboxylic acids is 2. The van der Waals surface area contributed by atoms with Crippen molar-refractivity contribution in [3.8, 4) is 11.5 Å². The molecule has 0 radical (unpaired) electrons. The zero-order valence-corrected chi connectivity index (χ0v) is 20.6. The summed E-state index contributed by atoms with van der Waals surface area (Å²) in [5.74, 6) is -0.658. The number of hydrogen-bond acceptors (Lipinski definition) is 6. The molecule has 1 rings (SSSR count). The molecule has 170 valence electrons. The number of Topliss-reactive ketones (excluding diaryl/α,β-unsaturated/α-hetero) is 1. The quantitative estimate of drug-likeness (QED) is 0.148. The van der Waals surface area contributed by atoms with Gasteiger partial charge >= 0.3 is 15.1 Å². The van der Waals surface area contributed by atoms with E-state index >= 15 is 0 Å². The SMILES string of the molecule is CCCCOC(=O)C(CC(C)CC(C)(C)C)C(=O)c1c(OC)cccc1OC.O=[PH2+]. The molecule has 0 aliphatic heterocycles. The van der Waals surface area contributed by atoms with Crippen LogP contribution in [0.2, 0.25) is 0 Å². The van der Waals surface area contributed by atoms with E-state index in [9.17, 15) is 9.59 Å². The fourth-order valence-corrected chi connectivity index (χ4v) is 3.53. The molecule has 7 heteroatoms. The number of ether oxygens (including phenoxy) is 3. The molecule has 3 atom stereocenters. The van der Waals surface area contributed by atoms with Crippen molar-refractivity contribution in [3.63, 3.8) is 0 Å². The van der Waals surface area contributed by atoms with Gasteiger partial charge in [-0.25, -0.2) is 0 Å². The van der Waals surface area contributed by atoms with Crippen molar-refractivity contribution >= 4 is 20.9 Å². The predicted octanol–water partition coefficient (Wildman–Crippen LogP) is 5.52. The highest BCUT2D eigenvalue weighted by Crippen LogP contribution is 2.34. The van der Waals surface area contributed by atoms with Gasteiger partial charge in [0.05, 0.1) is 20.8 Å². The summed E-state index contributed by atoms with van der Waals surface area (Å²) < 4.78 is 24.3. The molecule has 0 heterocycles. The van der Waals surface area contributed by atoms with E-state index in [4.69, 9.17) is 18.8 Å². The Balaban J connectivity index is 0.00000407. The summed E-state index contributed by atoms with van der Waals surface area (Å²) in [6.45, 7) is 10.9. The highest BCUT2D eigenvalue weighted by atomic mass is 31.0. The second-order valence-electron chi connectivity index (χ2n) is 8.58. The van der Waals surface area contributed by atoms with Crippen LogP contribution in [0.15, 0.2) is 18.2 Å². The van der Waals surface area contributed by atoms with E-state index in [2.05, 4.69) is 27.7 Å². The zero-order valence-electron chi connectivity index (χ0n) is 19.4. The van der Waals surface area contributed by atoms with Crippen LogP contribution in [0.5, 0.6) is 11.5 Å². The molecule has 0 saturated heterocycles. The molecular weight excluding hydrogens is 403 g/mol. The average molecular weight is 442 g/mol. The molecule has 6 nitrogen and oxygen atoms in total. The second kappa shape index (κ2) is 14.1. The maximum Gasteiger partial charge on any atom is 0.316 e. The van der Waals surface area contributed by atoms with Gasteiger partial charge in [0, 0.05) is 0 Å². The van der Waals surface area contributed by atoms with E-state index < -0.39 is 11.9 Å². The van der Waals surface area contributed by atoms with E-state index in [-0.39, 0.29) is 17.1 Å². The maximum atomic E-state index is 13.4. The molecule has 3 unspecified atom stereocenters. The number of unbranched alkanes of at least 4 members (excludes halogenated alkanes) is 1. The van der Waals surface area contributed by atoms with Gasteiger partial charge < -0.3 is 14.2 Å². The Bertz CT molecular complexity index is 646. The number of esters is 1. The molecule has 0 N–H and O–H groups in total. The highest BCUT2D eigenvalue weighted by molar-refractivity contribution is 7.00. The van der Waals surface area contributed by atoms with Crippen LogP contribution in [0.3, 0.4) is 0 Å². The minimum atomic E-state index is -0.876. The van der Waals surface area contributed by atoms with Crippen LogP contribution in [0.1, 0.15) is 70.7 Å². The summed E-state index contributed by atoms with van der Waals surface area (Å²) in [4.78, 5) is 26.2. The molecule has 0 aliphatic rings. The van der Waals surface area contributed by atoms with Crippen molar-refractivity contribution in [2.24, 2.45) is 17.3 Å². The Morgan fingerprint density at radius 2 is 1.60 bits per heavy atom. The average Bonchev–Trinajstić information content (AvgIpc) is 2.71. The molecule has 1 aromatic rings. The molecule has 1 aromatic carbocycles. The zero-order chi connectivity index (χ0) is 23.3. The summed E-state index contributed by atoms with van der Waals surface area (Å²) in [5.41, 5.74) is 0.411. The number of rotatable bonds is 11. The van der Waals surface area contributed by atoms with Crippen LogP contribution < -0.4 is 9.47 Å². The number of carbonyl (C=O) groups is 2. The molecular formula is C23H38O6P+. The summed E-state index contributed by atoms with van der Waals surface area (Å²) in [5, 5.41) is 0. The lowest BCUT2D eigenvalue weighted by Crippen LogP contribution is -2.30. The Hall–Kier alpha value is -1.94. The van der Waals surface area contributed by atoms with Gasteiger partial charge in [0.2, 0.25) is 0 Å². The van der Waals surface area contributed by atoms with E-state index in [1.54, 1.807) is 18.2 Å². The first-order chi connectivity index (χ1) is 14.1. The molecule has 0 bridgehead atoms. The van der Waals surface area contributed by atoms with Gasteiger partial charge in [-0.2, -0.15) is 0 Å². The van der Waals surface area contributed by atoms with Gasteiger partial charge in [0.15, 0.2) is 5.78 Å². The van der Waals surface area contributed by atoms with Gasteiger partial charge in [0.25, 0.3) is 0 Å². The fraction of sp³-hybridized carbons (Fsp3) is 0.652. The third-order valence-corrected chi connectivity index (χ3v) is 4.62. The van der Waals surface area contributed by atoms with Gasteiger partial charge in [0.1, 0.15) is 23.0 Å². The minimum Gasteiger partial charge on any atom is -0.496 e. The van der Waals surface area contributed by atoms with Gasteiger partial charge in [-0.15, -0.1) is 0 Å². The minimum absolute atomic E-state index is 0.112. The molecule has 0 fully saturated rings. The summed E-state index contributed by atoms with van der Waals surface area (Å²) in [6, 6.07) is 5.16. The third kappa shape index (κ3) is 9.25. The Morgan fingerprint density at radius 1 is 1.07 bits per heavy atom.